The van der Waals surface area contributed by atoms with Crippen LogP contribution in [0.5, 0.6) is 0 Å². The van der Waals surface area contributed by atoms with Gasteiger partial charge >= 0.3 is 0 Å². The molecule has 0 atom stereocenters. The van der Waals surface area contributed by atoms with Crippen molar-refractivity contribution in [2.45, 2.75) is 19.1 Å². The molecule has 1 saturated heterocycles. The minimum atomic E-state index is -0.498. The van der Waals surface area contributed by atoms with Crippen LogP contribution in [0.2, 0.25) is 0 Å². The predicted octanol–water partition coefficient (Wildman–Crippen LogP) is -0.618. The fourth-order valence-corrected chi connectivity index (χ4v) is 1.72. The molecular formula is C8H14N4O. The highest BCUT2D eigenvalue weighted by molar-refractivity contribution is 4.98. The van der Waals surface area contributed by atoms with Crippen LogP contribution in [0.3, 0.4) is 0 Å². The SMILES string of the molecule is Cn1ncc(CN2CC(C)(O)C2)n1. The predicted molar refractivity (Wildman–Crippen MR) is 46.9 cm³/mol. The van der Waals surface area contributed by atoms with E-state index < -0.39 is 5.60 Å². The summed E-state index contributed by atoms with van der Waals surface area (Å²) >= 11 is 0. The minimum absolute atomic E-state index is 0.498. The van der Waals surface area contributed by atoms with Gasteiger partial charge in [0.2, 0.25) is 0 Å². The maximum absolute atomic E-state index is 9.48. The number of aromatic nitrogens is 3. The molecule has 1 aliphatic heterocycles. The Bertz CT molecular complexity index is 299. The first-order chi connectivity index (χ1) is 6.05. The Morgan fingerprint density at radius 1 is 1.62 bits per heavy atom. The van der Waals surface area contributed by atoms with E-state index in [1.165, 1.54) is 0 Å². The van der Waals surface area contributed by atoms with Crippen LogP contribution in [-0.4, -0.2) is 43.7 Å². The molecule has 1 fully saturated rings. The van der Waals surface area contributed by atoms with E-state index in [0.29, 0.717) is 0 Å². The van der Waals surface area contributed by atoms with Crippen molar-refractivity contribution in [3.8, 4) is 0 Å². The van der Waals surface area contributed by atoms with Crippen LogP contribution in [0, 0.1) is 0 Å². The van der Waals surface area contributed by atoms with E-state index in [4.69, 9.17) is 0 Å². The van der Waals surface area contributed by atoms with Gasteiger partial charge in [-0.3, -0.25) is 4.90 Å². The van der Waals surface area contributed by atoms with E-state index in [-0.39, 0.29) is 0 Å². The summed E-state index contributed by atoms with van der Waals surface area (Å²) in [5, 5.41) is 17.6. The Morgan fingerprint density at radius 3 is 2.77 bits per heavy atom. The van der Waals surface area contributed by atoms with E-state index >= 15 is 0 Å². The Balaban J connectivity index is 1.87. The summed E-state index contributed by atoms with van der Waals surface area (Å²) < 4.78 is 0. The van der Waals surface area contributed by atoms with Gasteiger partial charge in [0.1, 0.15) is 0 Å². The molecule has 2 heterocycles. The monoisotopic (exact) mass is 182 g/mol. The molecule has 5 heteroatoms. The quantitative estimate of drug-likeness (QED) is 0.662. The lowest BCUT2D eigenvalue weighted by Gasteiger charge is -2.43. The molecule has 0 bridgehead atoms. The minimum Gasteiger partial charge on any atom is -0.388 e. The zero-order chi connectivity index (χ0) is 9.47. The standard InChI is InChI=1S/C8H14N4O/c1-8(13)5-12(6-8)4-7-3-9-11(2)10-7/h3,13H,4-6H2,1-2H3. The van der Waals surface area contributed by atoms with E-state index in [2.05, 4.69) is 15.1 Å². The smallest absolute Gasteiger partial charge is 0.0967 e. The van der Waals surface area contributed by atoms with Crippen molar-refractivity contribution in [2.24, 2.45) is 7.05 Å². The zero-order valence-corrected chi connectivity index (χ0v) is 7.93. The molecule has 5 nitrogen and oxygen atoms in total. The van der Waals surface area contributed by atoms with Crippen LogP contribution >= 0.6 is 0 Å². The summed E-state index contributed by atoms with van der Waals surface area (Å²) in [4.78, 5) is 3.69. The van der Waals surface area contributed by atoms with Crippen molar-refractivity contribution in [3.05, 3.63) is 11.9 Å². The molecule has 2 rings (SSSR count). The molecule has 0 amide bonds. The van der Waals surface area contributed by atoms with Crippen LogP contribution in [0.25, 0.3) is 0 Å². The summed E-state index contributed by atoms with van der Waals surface area (Å²) in [6.07, 6.45) is 1.76. The zero-order valence-electron chi connectivity index (χ0n) is 7.93. The molecule has 0 aliphatic carbocycles. The number of rotatable bonds is 2. The molecule has 1 aromatic rings. The van der Waals surface area contributed by atoms with Gasteiger partial charge in [0.05, 0.1) is 17.5 Å². The number of likely N-dealkylation sites (tertiary alicyclic amines) is 1. The normalized spacial score (nSPS) is 21.5. The van der Waals surface area contributed by atoms with Gasteiger partial charge in [0, 0.05) is 26.7 Å². The summed E-state index contributed by atoms with van der Waals surface area (Å²) in [6.45, 7) is 4.08. The summed E-state index contributed by atoms with van der Waals surface area (Å²) in [6, 6.07) is 0. The highest BCUT2D eigenvalue weighted by Gasteiger charge is 2.36. The van der Waals surface area contributed by atoms with Gasteiger partial charge in [-0.05, 0) is 6.92 Å². The fourth-order valence-electron chi connectivity index (χ4n) is 1.72. The summed E-state index contributed by atoms with van der Waals surface area (Å²) in [5.74, 6) is 0. The third kappa shape index (κ3) is 1.87. The lowest BCUT2D eigenvalue weighted by Crippen LogP contribution is -2.59. The van der Waals surface area contributed by atoms with Crippen molar-refractivity contribution in [1.82, 2.24) is 19.9 Å². The van der Waals surface area contributed by atoms with E-state index in [1.54, 1.807) is 18.0 Å². The highest BCUT2D eigenvalue weighted by atomic mass is 16.3. The topological polar surface area (TPSA) is 54.2 Å². The molecule has 0 saturated carbocycles. The lowest BCUT2D eigenvalue weighted by atomic mass is 9.97. The number of β-amino-alcohol motifs (C(OH)–C–C–N with tert-alkyl or cyclic N) is 1. The van der Waals surface area contributed by atoms with Crippen molar-refractivity contribution in [2.75, 3.05) is 13.1 Å². The third-order valence-corrected chi connectivity index (χ3v) is 2.16. The maximum Gasteiger partial charge on any atom is 0.0967 e. The summed E-state index contributed by atoms with van der Waals surface area (Å²) in [5.41, 5.74) is 0.459. The molecule has 0 radical (unpaired) electrons. The second-order valence-electron chi connectivity index (χ2n) is 3.97. The van der Waals surface area contributed by atoms with Gasteiger partial charge in [-0.2, -0.15) is 15.0 Å². The van der Waals surface area contributed by atoms with Gasteiger partial charge < -0.3 is 5.11 Å². The Kier molecular flexibility index (Phi) is 1.85. The number of hydrogen-bond acceptors (Lipinski definition) is 4. The van der Waals surface area contributed by atoms with Crippen molar-refractivity contribution in [1.29, 1.82) is 0 Å². The van der Waals surface area contributed by atoms with E-state index in [1.807, 2.05) is 6.92 Å². The molecule has 1 aromatic heterocycles. The Hall–Kier alpha value is -0.940. The molecule has 13 heavy (non-hydrogen) atoms. The molecule has 0 aromatic carbocycles. The van der Waals surface area contributed by atoms with Crippen molar-refractivity contribution < 1.29 is 5.11 Å². The van der Waals surface area contributed by atoms with Crippen LogP contribution in [0.15, 0.2) is 6.20 Å². The number of hydrogen-bond donors (Lipinski definition) is 1. The van der Waals surface area contributed by atoms with Crippen LogP contribution in [0.1, 0.15) is 12.6 Å². The first kappa shape index (κ1) is 8.65. The first-order valence-electron chi connectivity index (χ1n) is 4.35. The number of aliphatic hydroxyl groups is 1. The summed E-state index contributed by atoms with van der Waals surface area (Å²) in [7, 11) is 1.80. The highest BCUT2D eigenvalue weighted by Crippen LogP contribution is 2.20. The Morgan fingerprint density at radius 2 is 2.31 bits per heavy atom. The largest absolute Gasteiger partial charge is 0.388 e. The molecule has 1 aliphatic rings. The molecule has 0 unspecified atom stereocenters. The first-order valence-corrected chi connectivity index (χ1v) is 4.35. The Labute approximate surface area is 77.0 Å². The molecule has 1 N–H and O–H groups in total. The van der Waals surface area contributed by atoms with Crippen molar-refractivity contribution >= 4 is 0 Å². The average Bonchev–Trinajstić information content (AvgIpc) is 2.31. The van der Waals surface area contributed by atoms with Crippen LogP contribution < -0.4 is 0 Å². The van der Waals surface area contributed by atoms with Crippen molar-refractivity contribution in [3.63, 3.8) is 0 Å². The van der Waals surface area contributed by atoms with Gasteiger partial charge in [-0.1, -0.05) is 0 Å². The van der Waals surface area contributed by atoms with E-state index in [0.717, 1.165) is 25.3 Å². The van der Waals surface area contributed by atoms with Crippen LogP contribution in [-0.2, 0) is 13.6 Å². The third-order valence-electron chi connectivity index (χ3n) is 2.16. The molecular weight excluding hydrogens is 168 g/mol. The molecule has 0 spiro atoms. The lowest BCUT2D eigenvalue weighted by molar-refractivity contribution is -0.0876. The van der Waals surface area contributed by atoms with Gasteiger partial charge in [-0.25, -0.2) is 0 Å². The second kappa shape index (κ2) is 2.78. The van der Waals surface area contributed by atoms with Gasteiger partial charge in [0.15, 0.2) is 0 Å². The molecule has 72 valence electrons. The maximum atomic E-state index is 9.48. The van der Waals surface area contributed by atoms with Crippen LogP contribution in [0.4, 0.5) is 0 Å². The fraction of sp³-hybridized carbons (Fsp3) is 0.750. The van der Waals surface area contributed by atoms with Gasteiger partial charge in [-0.15, -0.1) is 0 Å². The average molecular weight is 182 g/mol. The van der Waals surface area contributed by atoms with E-state index in [9.17, 15) is 5.11 Å². The number of aryl methyl sites for hydroxylation is 1. The number of nitrogens with zero attached hydrogens (tertiary/aromatic N) is 4. The van der Waals surface area contributed by atoms with Gasteiger partial charge in [0.25, 0.3) is 0 Å². The second-order valence-corrected chi connectivity index (χ2v) is 3.97.